The first-order valence-corrected chi connectivity index (χ1v) is 9.58. The maximum atomic E-state index is 6.01. The van der Waals surface area contributed by atoms with Crippen LogP contribution in [0.1, 0.15) is 11.1 Å². The Kier molecular flexibility index (Phi) is 7.25. The Morgan fingerprint density at radius 3 is 2.43 bits per heavy atom. The van der Waals surface area contributed by atoms with Gasteiger partial charge in [0.1, 0.15) is 12.4 Å². The normalized spacial score (nSPS) is 10.6. The average Bonchev–Trinajstić information content (AvgIpc) is 2.70. The molecule has 7 heteroatoms. The molecule has 0 saturated carbocycles. The highest BCUT2D eigenvalue weighted by Crippen LogP contribution is 2.23. The van der Waals surface area contributed by atoms with E-state index in [1.54, 1.807) is 18.3 Å². The molecule has 0 atom stereocenters. The molecule has 3 rings (SSSR count). The lowest BCUT2D eigenvalue weighted by Gasteiger charge is -2.08. The smallest absolute Gasteiger partial charge is 0.191 e. The van der Waals surface area contributed by atoms with Gasteiger partial charge in [-0.3, -0.25) is 5.43 Å². The lowest BCUT2D eigenvalue weighted by atomic mass is 10.2. The lowest BCUT2D eigenvalue weighted by Crippen LogP contribution is -2.23. The molecule has 3 aromatic carbocycles. The van der Waals surface area contributed by atoms with Crippen molar-refractivity contribution < 1.29 is 4.74 Å². The van der Waals surface area contributed by atoms with E-state index in [1.807, 2.05) is 60.7 Å². The highest BCUT2D eigenvalue weighted by Gasteiger charge is 2.01. The fraction of sp³-hybridized carbons (Fsp3) is 0.0476. The molecule has 0 unspecified atom stereocenters. The number of rotatable bonds is 6. The van der Waals surface area contributed by atoms with Gasteiger partial charge in [-0.1, -0.05) is 47.5 Å². The van der Waals surface area contributed by atoms with E-state index in [4.69, 9.17) is 40.2 Å². The van der Waals surface area contributed by atoms with Gasteiger partial charge in [0, 0.05) is 5.69 Å². The van der Waals surface area contributed by atoms with Gasteiger partial charge in [-0.05, 0) is 71.9 Å². The maximum absolute atomic E-state index is 6.01. The maximum Gasteiger partial charge on any atom is 0.191 e. The van der Waals surface area contributed by atoms with Crippen LogP contribution in [0.4, 0.5) is 5.69 Å². The molecular formula is C21H17Cl2N3OS. The van der Waals surface area contributed by atoms with Crippen molar-refractivity contribution in [3.63, 3.8) is 0 Å². The van der Waals surface area contributed by atoms with Crippen molar-refractivity contribution in [2.45, 2.75) is 6.61 Å². The number of nitrogens with one attached hydrogen (secondary N) is 2. The number of hydrazone groups is 1. The van der Waals surface area contributed by atoms with Crippen LogP contribution in [0, 0.1) is 0 Å². The number of para-hydroxylation sites is 1. The fourth-order valence-electron chi connectivity index (χ4n) is 2.29. The Morgan fingerprint density at radius 1 is 0.964 bits per heavy atom. The van der Waals surface area contributed by atoms with Gasteiger partial charge in [-0.25, -0.2) is 0 Å². The number of anilines is 1. The van der Waals surface area contributed by atoms with E-state index in [1.165, 1.54) is 0 Å². The first-order valence-electron chi connectivity index (χ1n) is 8.42. The zero-order chi connectivity index (χ0) is 19.8. The topological polar surface area (TPSA) is 45.7 Å². The van der Waals surface area contributed by atoms with Gasteiger partial charge >= 0.3 is 0 Å². The van der Waals surface area contributed by atoms with Crippen LogP contribution in [0.15, 0.2) is 77.9 Å². The second-order valence-electron chi connectivity index (χ2n) is 5.80. The summed E-state index contributed by atoms with van der Waals surface area (Å²) in [6.07, 6.45) is 1.68. The van der Waals surface area contributed by atoms with Crippen LogP contribution in [0.5, 0.6) is 5.75 Å². The Bertz CT molecular complexity index is 963. The van der Waals surface area contributed by atoms with E-state index in [0.29, 0.717) is 21.8 Å². The van der Waals surface area contributed by atoms with Crippen molar-refractivity contribution in [2.75, 3.05) is 5.32 Å². The third kappa shape index (κ3) is 6.23. The Balaban J connectivity index is 1.47. The molecule has 3 aromatic rings. The van der Waals surface area contributed by atoms with E-state index < -0.39 is 0 Å². The quantitative estimate of drug-likeness (QED) is 0.291. The van der Waals surface area contributed by atoms with Gasteiger partial charge in [0.15, 0.2) is 5.11 Å². The number of nitrogens with zero attached hydrogens (tertiary/aromatic N) is 1. The summed E-state index contributed by atoms with van der Waals surface area (Å²) in [6, 6.07) is 22.6. The molecule has 0 aliphatic heterocycles. The first-order chi connectivity index (χ1) is 13.6. The van der Waals surface area contributed by atoms with Crippen molar-refractivity contribution in [1.82, 2.24) is 5.43 Å². The summed E-state index contributed by atoms with van der Waals surface area (Å²) in [5, 5.41) is 8.64. The summed E-state index contributed by atoms with van der Waals surface area (Å²) < 4.78 is 5.76. The van der Waals surface area contributed by atoms with Crippen molar-refractivity contribution >= 4 is 52.4 Å². The number of thiocarbonyl (C=S) groups is 1. The predicted octanol–water partition coefficient (Wildman–Crippen LogP) is 5.89. The van der Waals surface area contributed by atoms with Crippen LogP contribution in [0.3, 0.4) is 0 Å². The standard InChI is InChI=1S/C21H17Cl2N3OS/c22-19-11-8-16(12-20(19)23)14-27-18-9-6-15(7-10-18)13-24-26-21(28)25-17-4-2-1-3-5-17/h1-13H,14H2,(H2,25,26,28)/b24-13-. The number of hydrogen-bond donors (Lipinski definition) is 2. The van der Waals surface area contributed by atoms with E-state index in [0.717, 1.165) is 22.6 Å². The zero-order valence-corrected chi connectivity index (χ0v) is 17.1. The summed E-state index contributed by atoms with van der Waals surface area (Å²) in [6.45, 7) is 0.408. The van der Waals surface area contributed by atoms with Gasteiger partial charge in [-0.2, -0.15) is 5.10 Å². The van der Waals surface area contributed by atoms with Crippen LogP contribution in [-0.2, 0) is 6.61 Å². The third-order valence-corrected chi connectivity index (χ3v) is 4.61. The predicted molar refractivity (Wildman–Crippen MR) is 121 cm³/mol. The van der Waals surface area contributed by atoms with Gasteiger partial charge in [0.25, 0.3) is 0 Å². The van der Waals surface area contributed by atoms with Crippen LogP contribution in [0.2, 0.25) is 10.0 Å². The molecule has 0 fully saturated rings. The average molecular weight is 430 g/mol. The molecule has 0 spiro atoms. The summed E-state index contributed by atoms with van der Waals surface area (Å²) in [4.78, 5) is 0. The second kappa shape index (κ2) is 10.1. The molecule has 4 nitrogen and oxygen atoms in total. The SMILES string of the molecule is S=C(N/N=C\c1ccc(OCc2ccc(Cl)c(Cl)c2)cc1)Nc1ccccc1. The van der Waals surface area contributed by atoms with Gasteiger partial charge in [-0.15, -0.1) is 0 Å². The van der Waals surface area contributed by atoms with Crippen LogP contribution < -0.4 is 15.5 Å². The Hall–Kier alpha value is -2.60. The van der Waals surface area contributed by atoms with Gasteiger partial charge in [0.05, 0.1) is 16.3 Å². The largest absolute Gasteiger partial charge is 0.489 e. The minimum atomic E-state index is 0.408. The molecule has 0 aliphatic rings. The molecule has 2 N–H and O–H groups in total. The molecule has 0 saturated heterocycles. The first kappa shape index (κ1) is 20.1. The van der Waals surface area contributed by atoms with E-state index in [2.05, 4.69) is 15.8 Å². The lowest BCUT2D eigenvalue weighted by molar-refractivity contribution is 0.306. The highest BCUT2D eigenvalue weighted by molar-refractivity contribution is 7.80. The highest BCUT2D eigenvalue weighted by atomic mass is 35.5. The number of ether oxygens (including phenoxy) is 1. The summed E-state index contributed by atoms with van der Waals surface area (Å²) in [5.41, 5.74) is 5.55. The molecule has 0 amide bonds. The minimum Gasteiger partial charge on any atom is -0.489 e. The monoisotopic (exact) mass is 429 g/mol. The summed E-state index contributed by atoms with van der Waals surface area (Å²) in [5.74, 6) is 0.748. The molecule has 28 heavy (non-hydrogen) atoms. The van der Waals surface area contributed by atoms with E-state index >= 15 is 0 Å². The van der Waals surface area contributed by atoms with E-state index in [9.17, 15) is 0 Å². The fourth-order valence-corrected chi connectivity index (χ4v) is 2.78. The molecule has 0 heterocycles. The van der Waals surface area contributed by atoms with Crippen molar-refractivity contribution in [3.05, 3.63) is 94.0 Å². The van der Waals surface area contributed by atoms with Crippen LogP contribution in [0.25, 0.3) is 0 Å². The molecule has 0 aromatic heterocycles. The molecule has 0 radical (unpaired) electrons. The summed E-state index contributed by atoms with van der Waals surface area (Å²) in [7, 11) is 0. The van der Waals surface area contributed by atoms with Gasteiger partial charge in [0.2, 0.25) is 0 Å². The molecular weight excluding hydrogens is 413 g/mol. The minimum absolute atomic E-state index is 0.408. The van der Waals surface area contributed by atoms with Crippen molar-refractivity contribution in [1.29, 1.82) is 0 Å². The van der Waals surface area contributed by atoms with Crippen molar-refractivity contribution in [3.8, 4) is 5.75 Å². The van der Waals surface area contributed by atoms with E-state index in [-0.39, 0.29) is 0 Å². The molecule has 0 aliphatic carbocycles. The Labute approximate surface area is 179 Å². The number of halogens is 2. The Morgan fingerprint density at radius 2 is 1.71 bits per heavy atom. The molecule has 0 bridgehead atoms. The third-order valence-electron chi connectivity index (χ3n) is 3.68. The number of hydrogen-bond acceptors (Lipinski definition) is 3. The molecule has 142 valence electrons. The second-order valence-corrected chi connectivity index (χ2v) is 7.02. The number of benzene rings is 3. The summed E-state index contributed by atoms with van der Waals surface area (Å²) >= 11 is 17.1. The zero-order valence-electron chi connectivity index (χ0n) is 14.7. The van der Waals surface area contributed by atoms with Crippen LogP contribution >= 0.6 is 35.4 Å². The van der Waals surface area contributed by atoms with Crippen LogP contribution in [-0.4, -0.2) is 11.3 Å². The van der Waals surface area contributed by atoms with Gasteiger partial charge < -0.3 is 10.1 Å². The van der Waals surface area contributed by atoms with Crippen molar-refractivity contribution in [2.24, 2.45) is 5.10 Å².